The van der Waals surface area contributed by atoms with Crippen molar-refractivity contribution in [2.24, 2.45) is 0 Å². The standard InChI is InChI=1S/C12H9Cl2N3O3S/c1-5-8(12(19)20)11(21-16-5)17(2)10(18)9-6(13)3-4-7(14)15-9/h3-4H,1-2H3,(H,19,20). The van der Waals surface area contributed by atoms with Gasteiger partial charge in [0.15, 0.2) is 0 Å². The molecule has 2 rings (SSSR count). The van der Waals surface area contributed by atoms with Gasteiger partial charge in [0.2, 0.25) is 0 Å². The van der Waals surface area contributed by atoms with Crippen molar-refractivity contribution in [3.05, 3.63) is 39.3 Å². The average molecular weight is 346 g/mol. The van der Waals surface area contributed by atoms with Crippen molar-refractivity contribution in [3.63, 3.8) is 0 Å². The van der Waals surface area contributed by atoms with Crippen LogP contribution in [0.15, 0.2) is 12.1 Å². The summed E-state index contributed by atoms with van der Waals surface area (Å²) in [6.45, 7) is 1.56. The minimum absolute atomic E-state index is 0.0194. The highest BCUT2D eigenvalue weighted by atomic mass is 35.5. The van der Waals surface area contributed by atoms with Gasteiger partial charge >= 0.3 is 5.97 Å². The first-order chi connectivity index (χ1) is 9.82. The minimum atomic E-state index is -1.15. The summed E-state index contributed by atoms with van der Waals surface area (Å²) < 4.78 is 3.96. The quantitative estimate of drug-likeness (QED) is 0.864. The highest BCUT2D eigenvalue weighted by Crippen LogP contribution is 2.29. The maximum absolute atomic E-state index is 12.4. The van der Waals surface area contributed by atoms with Crippen molar-refractivity contribution < 1.29 is 14.7 Å². The van der Waals surface area contributed by atoms with Gasteiger partial charge in [-0.25, -0.2) is 9.78 Å². The number of nitrogens with zero attached hydrogens (tertiary/aromatic N) is 3. The number of rotatable bonds is 3. The number of carboxylic acid groups (broad SMARTS) is 1. The van der Waals surface area contributed by atoms with Crippen molar-refractivity contribution in [2.45, 2.75) is 6.92 Å². The Morgan fingerprint density at radius 2 is 2.00 bits per heavy atom. The van der Waals surface area contributed by atoms with E-state index in [1.165, 1.54) is 19.2 Å². The second kappa shape index (κ2) is 5.97. The van der Waals surface area contributed by atoms with Crippen LogP contribution in [0.1, 0.15) is 26.5 Å². The maximum atomic E-state index is 12.4. The molecule has 0 saturated carbocycles. The SMILES string of the molecule is Cc1nsc(N(C)C(=O)c2nc(Cl)ccc2Cl)c1C(=O)O. The Morgan fingerprint density at radius 1 is 1.33 bits per heavy atom. The topological polar surface area (TPSA) is 83.4 Å². The van der Waals surface area contributed by atoms with E-state index in [-0.39, 0.29) is 26.4 Å². The van der Waals surface area contributed by atoms with Crippen molar-refractivity contribution >= 4 is 51.6 Å². The third-order valence-corrected chi connectivity index (χ3v) is 4.21. The molecular weight excluding hydrogens is 337 g/mol. The summed E-state index contributed by atoms with van der Waals surface area (Å²) in [6.07, 6.45) is 0. The fourth-order valence-corrected chi connectivity index (χ4v) is 2.83. The summed E-state index contributed by atoms with van der Waals surface area (Å²) >= 11 is 12.6. The van der Waals surface area contributed by atoms with E-state index in [9.17, 15) is 14.7 Å². The van der Waals surface area contributed by atoms with Crippen molar-refractivity contribution in [1.82, 2.24) is 9.36 Å². The molecule has 0 fully saturated rings. The molecule has 0 atom stereocenters. The van der Waals surface area contributed by atoms with Gasteiger partial charge < -0.3 is 5.11 Å². The molecule has 21 heavy (non-hydrogen) atoms. The Labute approximate surface area is 134 Å². The fourth-order valence-electron chi connectivity index (χ4n) is 1.65. The smallest absolute Gasteiger partial charge is 0.340 e. The molecule has 6 nitrogen and oxygen atoms in total. The summed E-state index contributed by atoms with van der Waals surface area (Å²) in [5.41, 5.74) is 0.273. The van der Waals surface area contributed by atoms with Gasteiger partial charge in [-0.1, -0.05) is 23.2 Å². The van der Waals surface area contributed by atoms with E-state index >= 15 is 0 Å². The van der Waals surface area contributed by atoms with Gasteiger partial charge in [-0.3, -0.25) is 9.69 Å². The summed E-state index contributed by atoms with van der Waals surface area (Å²) in [6, 6.07) is 2.91. The lowest BCUT2D eigenvalue weighted by Crippen LogP contribution is -2.28. The monoisotopic (exact) mass is 345 g/mol. The van der Waals surface area contributed by atoms with E-state index in [1.54, 1.807) is 6.92 Å². The van der Waals surface area contributed by atoms with Gasteiger partial charge in [0.05, 0.1) is 10.7 Å². The highest BCUT2D eigenvalue weighted by molar-refractivity contribution is 7.11. The second-order valence-corrected chi connectivity index (χ2v) is 5.63. The predicted molar refractivity (Wildman–Crippen MR) is 80.8 cm³/mol. The van der Waals surface area contributed by atoms with Crippen LogP contribution in [0.5, 0.6) is 0 Å². The first-order valence-corrected chi connectivity index (χ1v) is 7.15. The van der Waals surface area contributed by atoms with Gasteiger partial charge in [0.1, 0.15) is 21.4 Å². The maximum Gasteiger partial charge on any atom is 0.340 e. The van der Waals surface area contributed by atoms with Crippen LogP contribution in [0.25, 0.3) is 0 Å². The van der Waals surface area contributed by atoms with Crippen LogP contribution in [0.3, 0.4) is 0 Å². The molecule has 0 saturated heterocycles. The number of carbonyl (C=O) groups excluding carboxylic acids is 1. The number of aryl methyl sites for hydroxylation is 1. The molecule has 2 aromatic rings. The summed E-state index contributed by atoms with van der Waals surface area (Å²) in [4.78, 5) is 28.7. The number of anilines is 1. The molecule has 0 aromatic carbocycles. The molecule has 9 heteroatoms. The number of halogens is 2. The van der Waals surface area contributed by atoms with Crippen LogP contribution in [0.4, 0.5) is 5.00 Å². The zero-order valence-corrected chi connectivity index (χ0v) is 13.3. The van der Waals surface area contributed by atoms with Crippen LogP contribution in [0, 0.1) is 6.92 Å². The zero-order valence-electron chi connectivity index (χ0n) is 10.9. The van der Waals surface area contributed by atoms with Crippen LogP contribution in [-0.2, 0) is 0 Å². The van der Waals surface area contributed by atoms with Crippen LogP contribution < -0.4 is 4.90 Å². The number of hydrogen-bond donors (Lipinski definition) is 1. The lowest BCUT2D eigenvalue weighted by molar-refractivity contribution is 0.0697. The molecule has 0 spiro atoms. The first-order valence-electron chi connectivity index (χ1n) is 5.62. The Bertz CT molecular complexity index is 733. The summed E-state index contributed by atoms with van der Waals surface area (Å²) in [5.74, 6) is -1.71. The van der Waals surface area contributed by atoms with E-state index < -0.39 is 11.9 Å². The number of aromatic nitrogens is 2. The summed E-state index contributed by atoms with van der Waals surface area (Å²) in [7, 11) is 1.43. The van der Waals surface area contributed by atoms with Crippen LogP contribution in [0.2, 0.25) is 10.2 Å². The fraction of sp³-hybridized carbons (Fsp3) is 0.167. The summed E-state index contributed by atoms with van der Waals surface area (Å²) in [5, 5.41) is 9.67. The number of hydrogen-bond acceptors (Lipinski definition) is 5. The first kappa shape index (κ1) is 15.7. The number of carboxylic acids is 1. The Hall–Kier alpha value is -1.70. The van der Waals surface area contributed by atoms with Gasteiger partial charge in [-0.05, 0) is 30.6 Å². The van der Waals surface area contributed by atoms with Crippen LogP contribution in [-0.4, -0.2) is 33.4 Å². The molecule has 110 valence electrons. The highest BCUT2D eigenvalue weighted by Gasteiger charge is 2.26. The van der Waals surface area contributed by atoms with E-state index in [1.807, 2.05) is 0 Å². The molecule has 0 aliphatic heterocycles. The number of aromatic carboxylic acids is 1. The van der Waals surface area contributed by atoms with Crippen LogP contribution >= 0.6 is 34.7 Å². The van der Waals surface area contributed by atoms with Gasteiger partial charge in [0.25, 0.3) is 5.91 Å². The molecule has 2 heterocycles. The van der Waals surface area contributed by atoms with E-state index in [0.717, 1.165) is 16.4 Å². The van der Waals surface area contributed by atoms with E-state index in [0.29, 0.717) is 5.69 Å². The third-order valence-electron chi connectivity index (χ3n) is 2.68. The Morgan fingerprint density at radius 3 is 2.62 bits per heavy atom. The van der Waals surface area contributed by atoms with Gasteiger partial charge in [-0.15, -0.1) is 0 Å². The van der Waals surface area contributed by atoms with Crippen molar-refractivity contribution in [3.8, 4) is 0 Å². The molecule has 1 N–H and O–H groups in total. The predicted octanol–water partition coefficient (Wildman–Crippen LogP) is 3.13. The number of amides is 1. The van der Waals surface area contributed by atoms with Crippen molar-refractivity contribution in [2.75, 3.05) is 11.9 Å². The lowest BCUT2D eigenvalue weighted by Gasteiger charge is -2.16. The molecule has 1 amide bonds. The molecule has 0 aliphatic carbocycles. The Kier molecular flexibility index (Phi) is 4.46. The largest absolute Gasteiger partial charge is 0.478 e. The average Bonchev–Trinajstić information content (AvgIpc) is 2.81. The van der Waals surface area contributed by atoms with E-state index in [4.69, 9.17) is 23.2 Å². The Balaban J connectivity index is 2.45. The number of carbonyl (C=O) groups is 2. The second-order valence-electron chi connectivity index (χ2n) is 4.08. The third kappa shape index (κ3) is 2.99. The molecular formula is C12H9Cl2N3O3S. The van der Waals surface area contributed by atoms with Crippen molar-refractivity contribution in [1.29, 1.82) is 0 Å². The molecule has 0 radical (unpaired) electrons. The zero-order chi connectivity index (χ0) is 15.7. The molecule has 0 aliphatic rings. The number of pyridine rings is 1. The molecule has 0 unspecified atom stereocenters. The molecule has 0 bridgehead atoms. The normalized spacial score (nSPS) is 10.5. The molecule has 2 aromatic heterocycles. The minimum Gasteiger partial charge on any atom is -0.478 e. The van der Waals surface area contributed by atoms with Gasteiger partial charge in [0, 0.05) is 7.05 Å². The lowest BCUT2D eigenvalue weighted by atomic mass is 10.2. The van der Waals surface area contributed by atoms with Gasteiger partial charge in [-0.2, -0.15) is 4.37 Å². The van der Waals surface area contributed by atoms with E-state index in [2.05, 4.69) is 9.36 Å².